The second kappa shape index (κ2) is 5.97. The van der Waals surface area contributed by atoms with E-state index in [1.54, 1.807) is 0 Å². The number of anilines is 2. The highest BCUT2D eigenvalue weighted by atomic mass is 16.5. The molecule has 2 aromatic rings. The van der Waals surface area contributed by atoms with Crippen molar-refractivity contribution in [2.75, 3.05) is 36.9 Å². The molecule has 2 unspecified atom stereocenters. The zero-order valence-corrected chi connectivity index (χ0v) is 14.1. The molecule has 6 nitrogen and oxygen atoms in total. The summed E-state index contributed by atoms with van der Waals surface area (Å²) in [5, 5.41) is 0. The molecule has 3 aliphatic rings. The van der Waals surface area contributed by atoms with Gasteiger partial charge >= 0.3 is 0 Å². The SMILES string of the molecule is Nc1ccc(-c2nc3c(c(N4CCOCC4)n2)C2CCC(C3)O2)cc1. The molecule has 0 amide bonds. The predicted molar refractivity (Wildman–Crippen MR) is 95.5 cm³/mol. The molecular weight excluding hydrogens is 316 g/mol. The second-order valence-corrected chi connectivity index (χ2v) is 6.98. The Kier molecular flexibility index (Phi) is 3.60. The average Bonchev–Trinajstić information content (AvgIpc) is 3.03. The Morgan fingerprint density at radius 3 is 2.64 bits per heavy atom. The van der Waals surface area contributed by atoms with Crippen LogP contribution < -0.4 is 10.6 Å². The monoisotopic (exact) mass is 338 g/mol. The summed E-state index contributed by atoms with van der Waals surface area (Å²) in [5.74, 6) is 1.81. The second-order valence-electron chi connectivity index (χ2n) is 6.98. The fourth-order valence-corrected chi connectivity index (χ4v) is 4.05. The van der Waals surface area contributed by atoms with E-state index >= 15 is 0 Å². The van der Waals surface area contributed by atoms with Crippen LogP contribution in [0, 0.1) is 0 Å². The zero-order valence-electron chi connectivity index (χ0n) is 14.1. The normalized spacial score (nSPS) is 25.0. The summed E-state index contributed by atoms with van der Waals surface area (Å²) in [5.41, 5.74) is 9.94. The van der Waals surface area contributed by atoms with Crippen molar-refractivity contribution in [3.05, 3.63) is 35.5 Å². The van der Waals surface area contributed by atoms with Gasteiger partial charge in [0.05, 0.1) is 31.1 Å². The van der Waals surface area contributed by atoms with Crippen molar-refractivity contribution in [1.29, 1.82) is 0 Å². The molecule has 0 saturated carbocycles. The van der Waals surface area contributed by atoms with Gasteiger partial charge in [0.2, 0.25) is 0 Å². The largest absolute Gasteiger partial charge is 0.399 e. The van der Waals surface area contributed by atoms with Crippen LogP contribution in [0.2, 0.25) is 0 Å². The summed E-state index contributed by atoms with van der Waals surface area (Å²) < 4.78 is 11.7. The average molecular weight is 338 g/mol. The molecule has 1 aromatic carbocycles. The van der Waals surface area contributed by atoms with Gasteiger partial charge in [-0.25, -0.2) is 9.97 Å². The van der Waals surface area contributed by atoms with Gasteiger partial charge in [-0.3, -0.25) is 0 Å². The van der Waals surface area contributed by atoms with Gasteiger partial charge in [0.15, 0.2) is 5.82 Å². The van der Waals surface area contributed by atoms with Crippen molar-refractivity contribution >= 4 is 11.5 Å². The Hall–Kier alpha value is -2.18. The van der Waals surface area contributed by atoms with E-state index in [2.05, 4.69) is 4.90 Å². The lowest BCUT2D eigenvalue weighted by atomic mass is 10.0. The Bertz CT molecular complexity index is 787. The lowest BCUT2D eigenvalue weighted by Crippen LogP contribution is -2.38. The molecular formula is C19H22N4O2. The number of hydrogen-bond donors (Lipinski definition) is 1. The van der Waals surface area contributed by atoms with Crippen LogP contribution in [0.1, 0.15) is 30.2 Å². The number of nitrogens with two attached hydrogens (primary N) is 1. The third-order valence-electron chi connectivity index (χ3n) is 5.33. The Labute approximate surface area is 147 Å². The molecule has 1 aromatic heterocycles. The summed E-state index contributed by atoms with van der Waals surface area (Å²) in [6.45, 7) is 3.20. The summed E-state index contributed by atoms with van der Waals surface area (Å²) >= 11 is 0. The summed E-state index contributed by atoms with van der Waals surface area (Å²) in [6.07, 6.45) is 3.52. The van der Waals surface area contributed by atoms with Crippen molar-refractivity contribution in [3.8, 4) is 11.4 Å². The van der Waals surface area contributed by atoms with Crippen LogP contribution in [0.3, 0.4) is 0 Å². The number of hydrogen-bond acceptors (Lipinski definition) is 6. The molecule has 6 heteroatoms. The van der Waals surface area contributed by atoms with Crippen molar-refractivity contribution in [2.45, 2.75) is 31.5 Å². The van der Waals surface area contributed by atoms with Crippen LogP contribution >= 0.6 is 0 Å². The highest BCUT2D eigenvalue weighted by molar-refractivity contribution is 5.63. The number of nitrogens with zero attached hydrogens (tertiary/aromatic N) is 3. The van der Waals surface area contributed by atoms with E-state index in [-0.39, 0.29) is 6.10 Å². The molecule has 0 radical (unpaired) electrons. The topological polar surface area (TPSA) is 73.5 Å². The van der Waals surface area contributed by atoms with Crippen molar-refractivity contribution in [2.24, 2.45) is 0 Å². The minimum Gasteiger partial charge on any atom is -0.399 e. The smallest absolute Gasteiger partial charge is 0.161 e. The number of morpholine rings is 1. The molecule has 2 saturated heterocycles. The van der Waals surface area contributed by atoms with E-state index in [4.69, 9.17) is 25.2 Å². The first-order valence-electron chi connectivity index (χ1n) is 9.03. The minimum atomic E-state index is 0.145. The zero-order chi connectivity index (χ0) is 16.8. The van der Waals surface area contributed by atoms with Gasteiger partial charge in [0.25, 0.3) is 0 Å². The van der Waals surface area contributed by atoms with Crippen LogP contribution in [-0.4, -0.2) is 42.4 Å². The van der Waals surface area contributed by atoms with Gasteiger partial charge in [0.1, 0.15) is 5.82 Å². The maximum atomic E-state index is 6.16. The van der Waals surface area contributed by atoms with Crippen LogP contribution in [0.4, 0.5) is 11.5 Å². The van der Waals surface area contributed by atoms with Crippen LogP contribution in [0.25, 0.3) is 11.4 Å². The van der Waals surface area contributed by atoms with E-state index < -0.39 is 0 Å². The molecule has 2 fully saturated rings. The van der Waals surface area contributed by atoms with E-state index in [1.807, 2.05) is 24.3 Å². The van der Waals surface area contributed by atoms with E-state index in [1.165, 1.54) is 5.56 Å². The third-order valence-corrected chi connectivity index (χ3v) is 5.33. The Morgan fingerprint density at radius 2 is 1.84 bits per heavy atom. The van der Waals surface area contributed by atoms with Crippen molar-refractivity contribution in [3.63, 3.8) is 0 Å². The summed E-state index contributed by atoms with van der Waals surface area (Å²) in [4.78, 5) is 12.2. The lowest BCUT2D eigenvalue weighted by Gasteiger charge is -2.33. The molecule has 5 rings (SSSR count). The number of fused-ring (bicyclic) bond motifs is 4. The first kappa shape index (κ1) is 15.1. The first-order chi connectivity index (χ1) is 12.3. The highest BCUT2D eigenvalue weighted by Crippen LogP contribution is 2.44. The molecule has 0 aliphatic carbocycles. The molecule has 4 heterocycles. The van der Waals surface area contributed by atoms with E-state index in [0.29, 0.717) is 6.10 Å². The predicted octanol–water partition coefficient (Wildman–Crippen LogP) is 2.34. The number of aromatic nitrogens is 2. The third kappa shape index (κ3) is 2.65. The van der Waals surface area contributed by atoms with Gasteiger partial charge in [0, 0.05) is 36.3 Å². The molecule has 2 atom stereocenters. The van der Waals surface area contributed by atoms with Crippen molar-refractivity contribution < 1.29 is 9.47 Å². The summed E-state index contributed by atoms with van der Waals surface area (Å²) in [6, 6.07) is 7.79. The number of nitrogen functional groups attached to an aromatic ring is 1. The molecule has 130 valence electrons. The highest BCUT2D eigenvalue weighted by Gasteiger charge is 2.38. The quantitative estimate of drug-likeness (QED) is 0.847. The van der Waals surface area contributed by atoms with Gasteiger partial charge < -0.3 is 20.1 Å². The minimum absolute atomic E-state index is 0.145. The fraction of sp³-hybridized carbons (Fsp3) is 0.474. The Balaban J connectivity index is 1.64. The van der Waals surface area contributed by atoms with E-state index in [9.17, 15) is 0 Å². The molecule has 3 aliphatic heterocycles. The van der Waals surface area contributed by atoms with Crippen LogP contribution in [-0.2, 0) is 15.9 Å². The molecule has 2 N–H and O–H groups in total. The van der Waals surface area contributed by atoms with Gasteiger partial charge in [-0.15, -0.1) is 0 Å². The number of rotatable bonds is 2. The maximum absolute atomic E-state index is 6.16. The number of ether oxygens (including phenoxy) is 2. The molecule has 0 spiro atoms. The summed E-state index contributed by atoms with van der Waals surface area (Å²) in [7, 11) is 0. The number of benzene rings is 1. The Morgan fingerprint density at radius 1 is 1.04 bits per heavy atom. The van der Waals surface area contributed by atoms with Crippen LogP contribution in [0.15, 0.2) is 24.3 Å². The lowest BCUT2D eigenvalue weighted by molar-refractivity contribution is 0.0308. The van der Waals surface area contributed by atoms with Gasteiger partial charge in [-0.2, -0.15) is 0 Å². The van der Waals surface area contributed by atoms with Crippen LogP contribution in [0.5, 0.6) is 0 Å². The van der Waals surface area contributed by atoms with E-state index in [0.717, 1.165) is 74.2 Å². The maximum Gasteiger partial charge on any atom is 0.161 e. The fourth-order valence-electron chi connectivity index (χ4n) is 4.05. The first-order valence-corrected chi connectivity index (χ1v) is 9.03. The van der Waals surface area contributed by atoms with Crippen molar-refractivity contribution in [1.82, 2.24) is 9.97 Å². The standard InChI is InChI=1S/C19H22N4O2/c20-13-3-1-12(2-4-13)18-21-15-11-14-5-6-16(25-14)17(15)19(22-18)23-7-9-24-10-8-23/h1-4,14,16H,5-11,20H2. The molecule has 25 heavy (non-hydrogen) atoms. The molecule has 2 bridgehead atoms. The van der Waals surface area contributed by atoms with Gasteiger partial charge in [-0.05, 0) is 37.1 Å². The van der Waals surface area contributed by atoms with Gasteiger partial charge in [-0.1, -0.05) is 0 Å².